The second kappa shape index (κ2) is 6.65. The summed E-state index contributed by atoms with van der Waals surface area (Å²) in [4.78, 5) is 13.7. The van der Waals surface area contributed by atoms with Gasteiger partial charge in [-0.25, -0.2) is 0 Å². The van der Waals surface area contributed by atoms with Crippen molar-refractivity contribution < 1.29 is 4.79 Å². The van der Waals surface area contributed by atoms with E-state index in [9.17, 15) is 4.79 Å². The molecule has 1 nitrogen and oxygen atoms in total. The van der Waals surface area contributed by atoms with Gasteiger partial charge in [0.1, 0.15) is 0 Å². The average Bonchev–Trinajstić information content (AvgIpc) is 2.80. The fourth-order valence-corrected chi connectivity index (χ4v) is 5.10. The lowest BCUT2D eigenvalue weighted by Gasteiger charge is -2.24. The molecule has 1 aliphatic rings. The van der Waals surface area contributed by atoms with Crippen LogP contribution >= 0.6 is 0 Å². The van der Waals surface area contributed by atoms with E-state index in [2.05, 4.69) is 80.6 Å². The van der Waals surface area contributed by atoms with Gasteiger partial charge in [0, 0.05) is 11.1 Å². The summed E-state index contributed by atoms with van der Waals surface area (Å²) in [5.41, 5.74) is 8.61. The molecule has 5 aromatic rings. The number of fused-ring (bicyclic) bond motifs is 4. The van der Waals surface area contributed by atoms with Gasteiger partial charge in [-0.05, 0) is 87.3 Å². The Morgan fingerprint density at radius 3 is 2.06 bits per heavy atom. The molecule has 5 aromatic carbocycles. The zero-order valence-electron chi connectivity index (χ0n) is 17.7. The maximum absolute atomic E-state index is 13.7. The van der Waals surface area contributed by atoms with E-state index in [1.807, 2.05) is 18.2 Å². The Hall–Kier alpha value is -3.71. The number of carbonyl (C=O) groups excluding carboxylic acids is 1. The summed E-state index contributed by atoms with van der Waals surface area (Å²) in [5, 5.41) is 4.91. The third-order valence-corrected chi connectivity index (χ3v) is 6.79. The minimum atomic E-state index is 0.144. The Balaban J connectivity index is 1.68. The van der Waals surface area contributed by atoms with Crippen molar-refractivity contribution in [3.05, 3.63) is 118 Å². The largest absolute Gasteiger partial charge is 0.289 e. The molecule has 0 aromatic heterocycles. The summed E-state index contributed by atoms with van der Waals surface area (Å²) in [5.74, 6) is 0.144. The van der Waals surface area contributed by atoms with E-state index in [0.29, 0.717) is 0 Å². The van der Waals surface area contributed by atoms with Crippen LogP contribution in [0.5, 0.6) is 0 Å². The van der Waals surface area contributed by atoms with Crippen LogP contribution in [-0.2, 0) is 6.42 Å². The van der Waals surface area contributed by atoms with Crippen molar-refractivity contribution in [1.29, 1.82) is 0 Å². The van der Waals surface area contributed by atoms with Gasteiger partial charge in [-0.2, -0.15) is 0 Å². The minimum Gasteiger partial charge on any atom is -0.289 e. The molecule has 0 atom stereocenters. The first-order valence-corrected chi connectivity index (χ1v) is 10.8. The van der Waals surface area contributed by atoms with Crippen molar-refractivity contribution in [2.45, 2.75) is 20.3 Å². The van der Waals surface area contributed by atoms with Gasteiger partial charge in [-0.1, -0.05) is 72.8 Å². The number of aryl methyl sites for hydroxylation is 2. The van der Waals surface area contributed by atoms with Crippen molar-refractivity contribution in [1.82, 2.24) is 0 Å². The third kappa shape index (κ3) is 2.67. The van der Waals surface area contributed by atoms with Crippen LogP contribution in [0, 0.1) is 13.8 Å². The standard InChI is InChI=1S/C30H22O/c1-18-11-13-24(28-16-21-8-4-3-7-20(21)15-26(18)28)25-14-12-19(2)27-17-22-9-5-6-10-23(22)30(31)29(25)27/h3-16H,17H2,1-2H3. The molecule has 0 heterocycles. The SMILES string of the molecule is Cc1ccc(-c2ccc(C)c3cc4ccccc4cc23)c2c1Cc1ccccc1C2=O. The topological polar surface area (TPSA) is 17.1 Å². The molecule has 31 heavy (non-hydrogen) atoms. The molecule has 0 N–H and O–H groups in total. The molecule has 0 bridgehead atoms. The van der Waals surface area contributed by atoms with Crippen LogP contribution in [0.3, 0.4) is 0 Å². The van der Waals surface area contributed by atoms with Crippen LogP contribution in [0.15, 0.2) is 84.9 Å². The highest BCUT2D eigenvalue weighted by Gasteiger charge is 2.27. The zero-order chi connectivity index (χ0) is 21.1. The molecule has 1 aliphatic carbocycles. The fourth-order valence-electron chi connectivity index (χ4n) is 5.10. The first kappa shape index (κ1) is 18.1. The highest BCUT2D eigenvalue weighted by atomic mass is 16.1. The Labute approximate surface area is 182 Å². The van der Waals surface area contributed by atoms with E-state index >= 15 is 0 Å². The van der Waals surface area contributed by atoms with Crippen molar-refractivity contribution in [3.63, 3.8) is 0 Å². The predicted octanol–water partition coefficient (Wildman–Crippen LogP) is 7.41. The van der Waals surface area contributed by atoms with Gasteiger partial charge in [-0.3, -0.25) is 4.79 Å². The zero-order valence-corrected chi connectivity index (χ0v) is 17.7. The van der Waals surface area contributed by atoms with E-state index in [1.54, 1.807) is 0 Å². The molecular weight excluding hydrogens is 376 g/mol. The number of hydrogen-bond acceptors (Lipinski definition) is 1. The summed E-state index contributed by atoms with van der Waals surface area (Å²) >= 11 is 0. The number of hydrogen-bond donors (Lipinski definition) is 0. The second-order valence-electron chi connectivity index (χ2n) is 8.62. The molecule has 0 unspecified atom stereocenters. The maximum atomic E-state index is 13.7. The summed E-state index contributed by atoms with van der Waals surface area (Å²) in [6, 6.07) is 29.7. The molecule has 148 valence electrons. The summed E-state index contributed by atoms with van der Waals surface area (Å²) < 4.78 is 0. The maximum Gasteiger partial charge on any atom is 0.194 e. The molecule has 0 aliphatic heterocycles. The van der Waals surface area contributed by atoms with Gasteiger partial charge in [0.15, 0.2) is 5.78 Å². The van der Waals surface area contributed by atoms with E-state index in [4.69, 9.17) is 0 Å². The van der Waals surface area contributed by atoms with Crippen molar-refractivity contribution in [3.8, 4) is 11.1 Å². The van der Waals surface area contributed by atoms with Crippen molar-refractivity contribution in [2.75, 3.05) is 0 Å². The Bertz CT molecular complexity index is 1540. The number of ketones is 1. The molecular formula is C30H22O. The first-order valence-electron chi connectivity index (χ1n) is 10.8. The normalized spacial score (nSPS) is 12.8. The van der Waals surface area contributed by atoms with E-state index in [-0.39, 0.29) is 5.78 Å². The van der Waals surface area contributed by atoms with Crippen LogP contribution in [0.1, 0.15) is 38.2 Å². The summed E-state index contributed by atoms with van der Waals surface area (Å²) in [6.45, 7) is 4.28. The van der Waals surface area contributed by atoms with Crippen LogP contribution < -0.4 is 0 Å². The Kier molecular flexibility index (Phi) is 3.88. The van der Waals surface area contributed by atoms with Crippen LogP contribution in [0.4, 0.5) is 0 Å². The second-order valence-corrected chi connectivity index (χ2v) is 8.62. The van der Waals surface area contributed by atoms with Gasteiger partial charge >= 0.3 is 0 Å². The lowest BCUT2D eigenvalue weighted by Crippen LogP contribution is -2.17. The lowest BCUT2D eigenvalue weighted by atomic mass is 9.78. The number of rotatable bonds is 1. The van der Waals surface area contributed by atoms with Gasteiger partial charge in [0.2, 0.25) is 0 Å². The van der Waals surface area contributed by atoms with Crippen molar-refractivity contribution in [2.24, 2.45) is 0 Å². The molecule has 0 fully saturated rings. The van der Waals surface area contributed by atoms with Gasteiger partial charge in [0.05, 0.1) is 0 Å². The monoisotopic (exact) mass is 398 g/mol. The highest BCUT2D eigenvalue weighted by molar-refractivity contribution is 6.18. The van der Waals surface area contributed by atoms with Gasteiger partial charge in [0.25, 0.3) is 0 Å². The number of benzene rings is 5. The fraction of sp³-hybridized carbons (Fsp3) is 0.100. The smallest absolute Gasteiger partial charge is 0.194 e. The van der Waals surface area contributed by atoms with Crippen LogP contribution in [0.2, 0.25) is 0 Å². The molecule has 0 amide bonds. The molecule has 1 heteroatoms. The third-order valence-electron chi connectivity index (χ3n) is 6.79. The minimum absolute atomic E-state index is 0.144. The van der Waals surface area contributed by atoms with E-state index < -0.39 is 0 Å². The summed E-state index contributed by atoms with van der Waals surface area (Å²) in [6.07, 6.45) is 0.809. The Morgan fingerprint density at radius 2 is 1.26 bits per heavy atom. The molecule has 6 rings (SSSR count). The quantitative estimate of drug-likeness (QED) is 0.264. The highest BCUT2D eigenvalue weighted by Crippen LogP contribution is 2.40. The first-order chi connectivity index (χ1) is 15.1. The van der Waals surface area contributed by atoms with E-state index in [0.717, 1.165) is 39.8 Å². The lowest BCUT2D eigenvalue weighted by molar-refractivity contribution is 0.103. The molecule has 0 saturated heterocycles. The van der Waals surface area contributed by atoms with Crippen molar-refractivity contribution >= 4 is 27.3 Å². The average molecular weight is 399 g/mol. The Morgan fingerprint density at radius 1 is 0.613 bits per heavy atom. The van der Waals surface area contributed by atoms with Crippen LogP contribution in [0.25, 0.3) is 32.7 Å². The molecule has 0 spiro atoms. The predicted molar refractivity (Wildman–Crippen MR) is 129 cm³/mol. The van der Waals surface area contributed by atoms with Crippen LogP contribution in [-0.4, -0.2) is 5.78 Å². The summed E-state index contributed by atoms with van der Waals surface area (Å²) in [7, 11) is 0. The number of carbonyl (C=O) groups is 1. The molecule has 0 radical (unpaired) electrons. The molecule has 0 saturated carbocycles. The van der Waals surface area contributed by atoms with Gasteiger partial charge in [-0.15, -0.1) is 0 Å². The van der Waals surface area contributed by atoms with E-state index in [1.165, 1.54) is 32.7 Å². The van der Waals surface area contributed by atoms with Gasteiger partial charge < -0.3 is 0 Å².